The Balaban J connectivity index is 1.44. The van der Waals surface area contributed by atoms with Crippen molar-refractivity contribution in [3.63, 3.8) is 0 Å². The number of aliphatic hydroxyl groups is 1. The van der Waals surface area contributed by atoms with Gasteiger partial charge in [0.05, 0.1) is 17.1 Å². The van der Waals surface area contributed by atoms with Crippen LogP contribution in [0.15, 0.2) is 67.5 Å². The van der Waals surface area contributed by atoms with Gasteiger partial charge in [0.25, 0.3) is 0 Å². The highest BCUT2D eigenvalue weighted by Gasteiger charge is 2.12. The summed E-state index contributed by atoms with van der Waals surface area (Å²) in [5.41, 5.74) is 3.07. The molecule has 0 spiro atoms. The lowest BCUT2D eigenvalue weighted by Crippen LogP contribution is -2.04. The number of hydrogen-bond acceptors (Lipinski definition) is 6. The first-order valence-electron chi connectivity index (χ1n) is 9.30. The van der Waals surface area contributed by atoms with Gasteiger partial charge in [-0.2, -0.15) is 0 Å². The summed E-state index contributed by atoms with van der Waals surface area (Å²) in [6, 6.07) is 11.0. The van der Waals surface area contributed by atoms with Crippen molar-refractivity contribution in [2.75, 3.05) is 11.9 Å². The van der Waals surface area contributed by atoms with Crippen molar-refractivity contribution in [3.8, 4) is 11.5 Å². The maximum atomic E-state index is 9.30. The van der Waals surface area contributed by atoms with Gasteiger partial charge >= 0.3 is 0 Å². The number of rotatable bonds is 6. The van der Waals surface area contributed by atoms with Crippen molar-refractivity contribution in [2.45, 2.75) is 6.54 Å². The number of hydrogen-bond donors (Lipinski definition) is 2. The average molecular weight is 421 g/mol. The highest BCUT2D eigenvalue weighted by molar-refractivity contribution is 6.32. The molecular weight excluding hydrogens is 404 g/mol. The monoisotopic (exact) mass is 420 g/mol. The number of nitrogens with zero attached hydrogens (tertiary/aromatic N) is 5. The summed E-state index contributed by atoms with van der Waals surface area (Å²) in [4.78, 5) is 12.9. The number of aliphatic hydroxyl groups excluding tert-OH is 1. The van der Waals surface area contributed by atoms with E-state index in [-0.39, 0.29) is 6.61 Å². The van der Waals surface area contributed by atoms with Crippen molar-refractivity contribution in [3.05, 3.63) is 72.5 Å². The molecule has 150 valence electrons. The molecule has 2 N–H and O–H groups in total. The molecule has 0 bridgehead atoms. The Kier molecular flexibility index (Phi) is 4.70. The molecule has 8 nitrogen and oxygen atoms in total. The number of fused-ring (bicyclic) bond motifs is 2. The van der Waals surface area contributed by atoms with Gasteiger partial charge < -0.3 is 24.1 Å². The SMILES string of the molecule is OCCn1ccc2ncnc(Nc3ccc(Oc4cccn5ccnc45)c(Cl)c3)c21. The molecule has 4 heterocycles. The predicted octanol–water partition coefficient (Wildman–Crippen LogP) is 4.26. The van der Waals surface area contributed by atoms with E-state index in [4.69, 9.17) is 16.3 Å². The van der Waals surface area contributed by atoms with Crippen molar-refractivity contribution in [1.29, 1.82) is 0 Å². The molecule has 0 unspecified atom stereocenters. The number of halogens is 1. The summed E-state index contributed by atoms with van der Waals surface area (Å²) in [5.74, 6) is 1.77. The van der Waals surface area contributed by atoms with Crippen LogP contribution in [-0.2, 0) is 6.54 Å². The maximum absolute atomic E-state index is 9.30. The molecule has 0 radical (unpaired) electrons. The minimum atomic E-state index is 0.0270. The molecule has 0 aliphatic rings. The zero-order valence-corrected chi connectivity index (χ0v) is 16.5. The summed E-state index contributed by atoms with van der Waals surface area (Å²) in [5, 5.41) is 13.0. The molecule has 0 saturated carbocycles. The Labute approximate surface area is 176 Å². The van der Waals surface area contributed by atoms with E-state index in [0.717, 1.165) is 16.7 Å². The highest BCUT2D eigenvalue weighted by Crippen LogP contribution is 2.34. The van der Waals surface area contributed by atoms with Crippen molar-refractivity contribution >= 4 is 39.8 Å². The van der Waals surface area contributed by atoms with E-state index in [9.17, 15) is 5.11 Å². The first-order chi connectivity index (χ1) is 14.7. The zero-order valence-electron chi connectivity index (χ0n) is 15.7. The Bertz CT molecular complexity index is 1350. The van der Waals surface area contributed by atoms with Gasteiger partial charge in [-0.05, 0) is 36.4 Å². The Hall–Kier alpha value is -3.62. The summed E-state index contributed by atoms with van der Waals surface area (Å²) in [6.45, 7) is 0.484. The minimum Gasteiger partial charge on any atom is -0.452 e. The van der Waals surface area contributed by atoms with Crippen molar-refractivity contribution in [1.82, 2.24) is 23.9 Å². The normalized spacial score (nSPS) is 11.3. The summed E-state index contributed by atoms with van der Waals surface area (Å²) in [7, 11) is 0. The largest absolute Gasteiger partial charge is 0.452 e. The molecule has 0 fully saturated rings. The molecule has 0 amide bonds. The number of anilines is 2. The highest BCUT2D eigenvalue weighted by atomic mass is 35.5. The van der Waals surface area contributed by atoms with Gasteiger partial charge in [0.15, 0.2) is 17.2 Å². The van der Waals surface area contributed by atoms with E-state index in [1.54, 1.807) is 18.3 Å². The Morgan fingerprint density at radius 1 is 1.03 bits per heavy atom. The van der Waals surface area contributed by atoms with Gasteiger partial charge in [-0.15, -0.1) is 0 Å². The smallest absolute Gasteiger partial charge is 0.180 e. The third kappa shape index (κ3) is 3.32. The summed E-state index contributed by atoms with van der Waals surface area (Å²) < 4.78 is 9.77. The van der Waals surface area contributed by atoms with E-state index < -0.39 is 0 Å². The molecule has 1 aromatic carbocycles. The number of nitrogens with one attached hydrogen (secondary N) is 1. The second-order valence-electron chi connectivity index (χ2n) is 6.59. The molecular formula is C21H17ClN6O2. The lowest BCUT2D eigenvalue weighted by atomic mass is 10.3. The number of aromatic nitrogens is 5. The molecule has 0 saturated heterocycles. The van der Waals surface area contributed by atoms with E-state index in [0.29, 0.717) is 34.5 Å². The van der Waals surface area contributed by atoms with Crippen molar-refractivity contribution < 1.29 is 9.84 Å². The predicted molar refractivity (Wildman–Crippen MR) is 115 cm³/mol. The quantitative estimate of drug-likeness (QED) is 0.426. The topological polar surface area (TPSA) is 89.5 Å². The van der Waals surface area contributed by atoms with Crippen LogP contribution in [0.5, 0.6) is 11.5 Å². The first kappa shape index (κ1) is 18.4. The van der Waals surface area contributed by atoms with Gasteiger partial charge in [-0.1, -0.05) is 11.6 Å². The fourth-order valence-corrected chi connectivity index (χ4v) is 3.56. The van der Waals surface area contributed by atoms with Gasteiger partial charge in [-0.25, -0.2) is 15.0 Å². The second kappa shape index (κ2) is 7.66. The summed E-state index contributed by atoms with van der Waals surface area (Å²) >= 11 is 6.49. The second-order valence-corrected chi connectivity index (χ2v) is 7.00. The molecule has 5 aromatic rings. The average Bonchev–Trinajstić information content (AvgIpc) is 3.39. The fraction of sp³-hybridized carbons (Fsp3) is 0.0952. The number of ether oxygens (including phenoxy) is 1. The molecule has 0 atom stereocenters. The van der Waals surface area contributed by atoms with Crippen LogP contribution in [0.3, 0.4) is 0 Å². The van der Waals surface area contributed by atoms with Crippen LogP contribution in [0.4, 0.5) is 11.5 Å². The molecule has 5 rings (SSSR count). The van der Waals surface area contributed by atoms with Gasteiger partial charge in [-0.3, -0.25) is 0 Å². The molecule has 4 aromatic heterocycles. The minimum absolute atomic E-state index is 0.0270. The maximum Gasteiger partial charge on any atom is 0.180 e. The molecule has 9 heteroatoms. The molecule has 0 aliphatic heterocycles. The lowest BCUT2D eigenvalue weighted by Gasteiger charge is -2.12. The molecule has 0 aliphatic carbocycles. The van der Waals surface area contributed by atoms with Crippen molar-refractivity contribution in [2.24, 2.45) is 0 Å². The van der Waals surface area contributed by atoms with E-state index >= 15 is 0 Å². The van der Waals surface area contributed by atoms with Crippen LogP contribution in [0.1, 0.15) is 0 Å². The van der Waals surface area contributed by atoms with Crippen LogP contribution >= 0.6 is 11.6 Å². The summed E-state index contributed by atoms with van der Waals surface area (Å²) in [6.07, 6.45) is 8.84. The molecule has 30 heavy (non-hydrogen) atoms. The van der Waals surface area contributed by atoms with Crippen LogP contribution in [0.25, 0.3) is 16.7 Å². The van der Waals surface area contributed by atoms with Crippen LogP contribution in [0.2, 0.25) is 5.02 Å². The lowest BCUT2D eigenvalue weighted by molar-refractivity contribution is 0.278. The third-order valence-electron chi connectivity index (χ3n) is 4.69. The third-order valence-corrected chi connectivity index (χ3v) is 4.98. The first-order valence-corrected chi connectivity index (χ1v) is 9.67. The Morgan fingerprint density at radius 2 is 1.97 bits per heavy atom. The fourth-order valence-electron chi connectivity index (χ4n) is 3.34. The van der Waals surface area contributed by atoms with E-state index in [1.807, 2.05) is 51.8 Å². The van der Waals surface area contributed by atoms with Crippen LogP contribution < -0.4 is 10.1 Å². The Morgan fingerprint density at radius 3 is 2.83 bits per heavy atom. The van der Waals surface area contributed by atoms with Crippen LogP contribution in [-0.4, -0.2) is 35.6 Å². The van der Waals surface area contributed by atoms with Gasteiger partial charge in [0.1, 0.15) is 17.6 Å². The number of benzene rings is 1. The van der Waals surface area contributed by atoms with E-state index in [2.05, 4.69) is 20.3 Å². The zero-order chi connectivity index (χ0) is 20.5. The number of imidazole rings is 1. The number of pyridine rings is 1. The van der Waals surface area contributed by atoms with Gasteiger partial charge in [0, 0.05) is 37.0 Å². The van der Waals surface area contributed by atoms with Gasteiger partial charge in [0.2, 0.25) is 0 Å². The van der Waals surface area contributed by atoms with Crippen LogP contribution in [0, 0.1) is 0 Å². The van der Waals surface area contributed by atoms with E-state index in [1.165, 1.54) is 6.33 Å². The standard InChI is InChI=1S/C21H17ClN6O2/c22-15-12-14(26-20-19-16(24-13-25-20)5-8-27(19)10-11-29)3-4-17(15)30-18-2-1-7-28-9-6-23-21(18)28/h1-9,12-13,29H,10-11H2,(H,24,25,26).